The van der Waals surface area contributed by atoms with Crippen molar-refractivity contribution >= 4 is 28.9 Å². The van der Waals surface area contributed by atoms with E-state index in [2.05, 4.69) is 22.0 Å². The third kappa shape index (κ3) is 5.09. The molecule has 1 fully saturated rings. The molecular weight excluding hydrogens is 314 g/mol. The molecule has 5 nitrogen and oxygen atoms in total. The molecule has 1 aliphatic rings. The Kier molecular flexibility index (Phi) is 7.15. The minimum Gasteiger partial charge on any atom is -0.381 e. The molecule has 0 bridgehead atoms. The van der Waals surface area contributed by atoms with Crippen LogP contribution in [0.25, 0.3) is 0 Å². The van der Waals surface area contributed by atoms with Crippen LogP contribution >= 0.6 is 11.6 Å². The van der Waals surface area contributed by atoms with Gasteiger partial charge in [0.15, 0.2) is 0 Å². The lowest BCUT2D eigenvalue weighted by Crippen LogP contribution is -2.46. The predicted octanol–water partition coefficient (Wildman–Crippen LogP) is 2.85. The molecule has 0 spiro atoms. The molecule has 1 amide bonds. The van der Waals surface area contributed by atoms with Crippen molar-refractivity contribution in [1.29, 1.82) is 0 Å². The molecule has 0 saturated carbocycles. The van der Waals surface area contributed by atoms with Gasteiger partial charge >= 0.3 is 0 Å². The molecule has 1 N–H and O–H groups in total. The fourth-order valence-electron chi connectivity index (χ4n) is 2.75. The second-order valence-electron chi connectivity index (χ2n) is 5.55. The van der Waals surface area contributed by atoms with E-state index in [1.54, 1.807) is 0 Å². The third-order valence-corrected chi connectivity index (χ3v) is 4.38. The number of carbonyl (C=O) groups is 1. The van der Waals surface area contributed by atoms with Crippen molar-refractivity contribution in [2.45, 2.75) is 20.3 Å². The van der Waals surface area contributed by atoms with Gasteiger partial charge in [0.05, 0.1) is 29.4 Å². The summed E-state index contributed by atoms with van der Waals surface area (Å²) in [5, 5.41) is 3.65. The van der Waals surface area contributed by atoms with Gasteiger partial charge in [-0.2, -0.15) is 0 Å². The zero-order valence-electron chi connectivity index (χ0n) is 14.0. The second kappa shape index (κ2) is 9.11. The quantitative estimate of drug-likeness (QED) is 0.776. The highest BCUT2D eigenvalue weighted by molar-refractivity contribution is 6.34. The van der Waals surface area contributed by atoms with Crippen LogP contribution in [0.5, 0.6) is 0 Å². The van der Waals surface area contributed by atoms with Crippen LogP contribution in [0.3, 0.4) is 0 Å². The predicted molar refractivity (Wildman–Crippen MR) is 95.5 cm³/mol. The summed E-state index contributed by atoms with van der Waals surface area (Å²) >= 11 is 6.41. The smallest absolute Gasteiger partial charge is 0.226 e. The average Bonchev–Trinajstić information content (AvgIpc) is 2.55. The van der Waals surface area contributed by atoms with Crippen molar-refractivity contribution < 1.29 is 9.53 Å². The van der Waals surface area contributed by atoms with E-state index < -0.39 is 0 Å². The summed E-state index contributed by atoms with van der Waals surface area (Å²) < 4.78 is 5.23. The van der Waals surface area contributed by atoms with Gasteiger partial charge in [-0.3, -0.25) is 4.79 Å². The summed E-state index contributed by atoms with van der Waals surface area (Å²) in [6.45, 7) is 10.1. The van der Waals surface area contributed by atoms with Gasteiger partial charge in [-0.05, 0) is 25.6 Å². The second-order valence-corrected chi connectivity index (χ2v) is 5.96. The largest absolute Gasteiger partial charge is 0.381 e. The first-order chi connectivity index (χ1) is 11.2. The fraction of sp³-hybridized carbons (Fsp3) is 0.588. The molecule has 0 aliphatic carbocycles. The number of benzene rings is 1. The number of hydrogen-bond acceptors (Lipinski definition) is 4. The Labute approximate surface area is 143 Å². The zero-order chi connectivity index (χ0) is 16.7. The monoisotopic (exact) mass is 339 g/mol. The molecule has 0 atom stereocenters. The van der Waals surface area contributed by atoms with E-state index in [1.807, 2.05) is 25.1 Å². The zero-order valence-corrected chi connectivity index (χ0v) is 14.7. The molecule has 128 valence electrons. The number of nitrogens with one attached hydrogen (secondary N) is 1. The van der Waals surface area contributed by atoms with Gasteiger partial charge in [0.2, 0.25) is 5.91 Å². The average molecular weight is 340 g/mol. The lowest BCUT2D eigenvalue weighted by Gasteiger charge is -2.36. The van der Waals surface area contributed by atoms with E-state index in [0.717, 1.165) is 44.1 Å². The first kappa shape index (κ1) is 18.0. The molecule has 23 heavy (non-hydrogen) atoms. The van der Waals surface area contributed by atoms with E-state index in [1.165, 1.54) is 0 Å². The normalized spacial score (nSPS) is 15.7. The fourth-order valence-corrected chi connectivity index (χ4v) is 3.04. The summed E-state index contributed by atoms with van der Waals surface area (Å²) in [5.74, 6) is -0.0471. The van der Waals surface area contributed by atoms with Gasteiger partial charge in [-0.25, -0.2) is 0 Å². The minimum atomic E-state index is -0.0471. The number of amides is 1. The highest BCUT2D eigenvalue weighted by Crippen LogP contribution is 2.34. The first-order valence-electron chi connectivity index (χ1n) is 8.29. The Bertz CT molecular complexity index is 517. The van der Waals surface area contributed by atoms with Gasteiger partial charge in [-0.1, -0.05) is 24.6 Å². The van der Waals surface area contributed by atoms with E-state index in [4.69, 9.17) is 16.3 Å². The number of nitrogens with zero attached hydrogens (tertiary/aromatic N) is 2. The van der Waals surface area contributed by atoms with Crippen LogP contribution in [-0.2, 0) is 9.53 Å². The van der Waals surface area contributed by atoms with Gasteiger partial charge in [-0.15, -0.1) is 0 Å². The maximum Gasteiger partial charge on any atom is 0.226 e. The number of para-hydroxylation sites is 1. The molecule has 1 aliphatic heterocycles. The number of piperazine rings is 1. The lowest BCUT2D eigenvalue weighted by molar-refractivity contribution is -0.117. The molecule has 1 saturated heterocycles. The number of halogens is 1. The van der Waals surface area contributed by atoms with Gasteiger partial charge in [0, 0.05) is 32.8 Å². The topological polar surface area (TPSA) is 44.8 Å². The molecule has 1 aromatic rings. The third-order valence-electron chi connectivity index (χ3n) is 4.07. The number of ether oxygens (including phenoxy) is 1. The Hall–Kier alpha value is -1.30. The molecule has 1 aromatic carbocycles. The summed E-state index contributed by atoms with van der Waals surface area (Å²) in [6.07, 6.45) is 0.351. The number of carbonyl (C=O) groups excluding carboxylic acids is 1. The summed E-state index contributed by atoms with van der Waals surface area (Å²) in [5.41, 5.74) is 1.71. The Morgan fingerprint density at radius 3 is 2.65 bits per heavy atom. The number of anilines is 2. The van der Waals surface area contributed by atoms with Crippen LogP contribution in [0.15, 0.2) is 18.2 Å². The SMILES string of the molecule is CCOCCC(=O)Nc1cccc(Cl)c1N1CCN(CC)CC1. The van der Waals surface area contributed by atoms with Crippen LogP contribution < -0.4 is 10.2 Å². The number of hydrogen-bond donors (Lipinski definition) is 1. The van der Waals surface area contributed by atoms with E-state index in [9.17, 15) is 4.79 Å². The summed E-state index contributed by atoms with van der Waals surface area (Å²) in [6, 6.07) is 5.65. The van der Waals surface area contributed by atoms with Crippen LogP contribution in [-0.4, -0.2) is 56.7 Å². The maximum atomic E-state index is 12.1. The molecule has 6 heteroatoms. The standard InChI is InChI=1S/C17H26ClN3O2/c1-3-20-9-11-21(12-10-20)17-14(18)6-5-7-15(17)19-16(22)8-13-23-4-2/h5-7H,3-4,8-13H2,1-2H3,(H,19,22). The van der Waals surface area contributed by atoms with Gasteiger partial charge < -0.3 is 19.9 Å². The van der Waals surface area contributed by atoms with Gasteiger partial charge in [0.25, 0.3) is 0 Å². The minimum absolute atomic E-state index is 0.0471. The van der Waals surface area contributed by atoms with Crippen molar-refractivity contribution in [3.05, 3.63) is 23.2 Å². The lowest BCUT2D eigenvalue weighted by atomic mass is 10.2. The first-order valence-corrected chi connectivity index (χ1v) is 8.66. The van der Waals surface area contributed by atoms with Crippen LogP contribution in [0.2, 0.25) is 5.02 Å². The van der Waals surface area contributed by atoms with Crippen LogP contribution in [0.1, 0.15) is 20.3 Å². The summed E-state index contributed by atoms with van der Waals surface area (Å²) in [4.78, 5) is 16.7. The van der Waals surface area contributed by atoms with E-state index >= 15 is 0 Å². The Balaban J connectivity index is 2.06. The van der Waals surface area contributed by atoms with E-state index in [-0.39, 0.29) is 5.91 Å². The Morgan fingerprint density at radius 1 is 1.26 bits per heavy atom. The highest BCUT2D eigenvalue weighted by atomic mass is 35.5. The van der Waals surface area contributed by atoms with Crippen LogP contribution in [0.4, 0.5) is 11.4 Å². The molecule has 2 rings (SSSR count). The van der Waals surface area contributed by atoms with Gasteiger partial charge in [0.1, 0.15) is 0 Å². The highest BCUT2D eigenvalue weighted by Gasteiger charge is 2.21. The van der Waals surface area contributed by atoms with Crippen molar-refractivity contribution in [3.63, 3.8) is 0 Å². The number of rotatable bonds is 7. The maximum absolute atomic E-state index is 12.1. The van der Waals surface area contributed by atoms with Crippen molar-refractivity contribution in [1.82, 2.24) is 4.90 Å². The molecule has 0 radical (unpaired) electrons. The molecule has 1 heterocycles. The van der Waals surface area contributed by atoms with Crippen LogP contribution in [0, 0.1) is 0 Å². The van der Waals surface area contributed by atoms with Crippen molar-refractivity contribution in [2.75, 3.05) is 56.2 Å². The number of likely N-dealkylation sites (N-methyl/N-ethyl adjacent to an activating group) is 1. The molecular formula is C17H26ClN3O2. The van der Waals surface area contributed by atoms with Crippen molar-refractivity contribution in [3.8, 4) is 0 Å². The molecule has 0 unspecified atom stereocenters. The Morgan fingerprint density at radius 2 is 2.00 bits per heavy atom. The molecule has 0 aromatic heterocycles. The van der Waals surface area contributed by atoms with E-state index in [0.29, 0.717) is 24.7 Å². The van der Waals surface area contributed by atoms with Crippen molar-refractivity contribution in [2.24, 2.45) is 0 Å². The summed E-state index contributed by atoms with van der Waals surface area (Å²) in [7, 11) is 0.